The number of oxime groups is 1. The highest BCUT2D eigenvalue weighted by Gasteiger charge is 2.34. The second-order valence-electron chi connectivity index (χ2n) is 26.0. The lowest BCUT2D eigenvalue weighted by atomic mass is 10.0. The fourth-order valence-electron chi connectivity index (χ4n) is 10.1. The maximum Gasteiger partial charge on any atom is 0.305 e. The molecular weight excluding hydrogens is 1650 g/mol. The Kier molecular flexibility index (Phi) is 59.3. The summed E-state index contributed by atoms with van der Waals surface area (Å²) in [6, 6.07) is 8.74. The van der Waals surface area contributed by atoms with Crippen LogP contribution in [0.1, 0.15) is 49.7 Å². The molecule has 3 rings (SSSR count). The Morgan fingerprint density at radius 3 is 1.38 bits per heavy atom. The Morgan fingerprint density at radius 2 is 0.876 bits per heavy atom. The summed E-state index contributed by atoms with van der Waals surface area (Å²) in [5, 5.41) is 46.6. The number of carboxylic acids is 1. The summed E-state index contributed by atoms with van der Waals surface area (Å²) in [6.07, 6.45) is 0.629. The molecule has 0 aromatic heterocycles. The number of aliphatic imine (C=N–C) groups is 1. The van der Waals surface area contributed by atoms with Gasteiger partial charge in [-0.3, -0.25) is 72.1 Å². The summed E-state index contributed by atoms with van der Waals surface area (Å²) in [4.78, 5) is 193. The standard InChI is InChI=1S/C74H118N18O26S3/c75-59(93)43-116-44-62(96)80-19-23-109-27-31-112-30-26-108-22-18-78-42-66-92-71(105)55(38-51-10-3-1-4-11-51)89-73(107)58(49-120)91-70(104)56(39-67(100)101)87-60(94)41-84-68(102)53(15-9-17-83-74(76)77)88-72(106)57(48-119)90-69(103)54(86-65(99)50-121-66)14-7-8-16-79-61(95)45-117-46-63(97)81-20-24-110-28-32-113-34-36-115-37-35-114-33-29-111-25-21-82-64(98)47-118-85-40-52-12-5-2-6-13-52/h1-6,10-13,40,53-58,66,78,119-120H,7-9,14-39,41-50H2,(H2,75,93)(H,79,95)(H,80,96)(H,81,97)(H,82,98)(H,84,102)(H,86,99)(H,87,94)(H,88,106)(H,89,107)(H,90,103)(H,91,104)(H,92,105)(H,100,101)(H4,76,77,83)/b85-40+/t53-,54-,55-,56-,57-,58-,66?/m0/s1. The van der Waals surface area contributed by atoms with Gasteiger partial charge in [0.15, 0.2) is 12.6 Å². The van der Waals surface area contributed by atoms with E-state index in [4.69, 9.17) is 69.4 Å². The molecule has 1 fully saturated rings. The molecule has 1 aliphatic heterocycles. The summed E-state index contributed by atoms with van der Waals surface area (Å²) >= 11 is 9.50. The number of benzene rings is 2. The zero-order chi connectivity index (χ0) is 88.3. The quantitative estimate of drug-likeness (QED) is 0.00962. The monoisotopic (exact) mass is 1770 g/mol. The van der Waals surface area contributed by atoms with Gasteiger partial charge in [0.2, 0.25) is 70.9 Å². The zero-order valence-electron chi connectivity index (χ0n) is 67.6. The number of nitrogens with zero attached hydrogens (tertiary/aromatic N) is 2. The third kappa shape index (κ3) is 55.1. The van der Waals surface area contributed by atoms with Crippen molar-refractivity contribution in [1.82, 2.24) is 69.1 Å². The van der Waals surface area contributed by atoms with Crippen LogP contribution >= 0.6 is 37.0 Å². The summed E-state index contributed by atoms with van der Waals surface area (Å²) in [5.74, 6) is -13.0. The molecule has 47 heteroatoms. The van der Waals surface area contributed by atoms with E-state index < -0.39 is 156 Å². The Balaban J connectivity index is 1.62. The van der Waals surface area contributed by atoms with Gasteiger partial charge in [-0.2, -0.15) is 25.3 Å². The lowest BCUT2D eigenvalue weighted by Gasteiger charge is -2.27. The van der Waals surface area contributed by atoms with Crippen LogP contribution in [0.5, 0.6) is 0 Å². The molecular formula is C74H118N18O26S3. The third-order valence-corrected chi connectivity index (χ3v) is 17.9. The van der Waals surface area contributed by atoms with Crippen LogP contribution in [0, 0.1) is 0 Å². The number of guanidine groups is 1. The maximum absolute atomic E-state index is 14.6. The van der Waals surface area contributed by atoms with E-state index >= 15 is 0 Å². The molecule has 2 aromatic rings. The van der Waals surface area contributed by atoms with Crippen molar-refractivity contribution in [3.05, 3.63) is 71.8 Å². The average molecular weight is 1770 g/mol. The number of thioether (sulfide) groups is 1. The topological polar surface area (TPSA) is 620 Å². The van der Waals surface area contributed by atoms with Crippen molar-refractivity contribution in [1.29, 1.82) is 0 Å². The molecule has 121 heavy (non-hydrogen) atoms. The van der Waals surface area contributed by atoms with Gasteiger partial charge in [-0.25, -0.2) is 0 Å². The fourth-order valence-corrected chi connectivity index (χ4v) is 11.5. The number of nitrogens with one attached hydrogen (secondary N) is 13. The van der Waals surface area contributed by atoms with E-state index in [-0.39, 0.29) is 175 Å². The summed E-state index contributed by atoms with van der Waals surface area (Å²) < 4.78 is 54.3. The van der Waals surface area contributed by atoms with Crippen LogP contribution < -0.4 is 86.3 Å². The Labute approximate surface area is 716 Å². The SMILES string of the molecule is NC(=O)COCC(=O)NCCOCCOCCOCCNCC1NC(=O)[C@H](Cc2ccccc2)NC(=O)[C@H](CS)NC(=O)[C@H](CC(=O)O)NC(=O)CNC(=O)[C@H](CCCN=C(N)N)NC(=O)[C@H](CS)NC(=O)[C@H](CCCCNC(=O)COCC(=O)NCCOCCOCCOCCOCCOCCNC(=O)CO/N=C/c2ccccc2)NC(=O)CS1. The highest BCUT2D eigenvalue weighted by Crippen LogP contribution is 2.13. The molecule has 0 aliphatic carbocycles. The molecule has 1 aliphatic rings. The first kappa shape index (κ1) is 106. The molecule has 7 atom stereocenters. The van der Waals surface area contributed by atoms with E-state index in [1.165, 1.54) is 6.21 Å². The molecule has 0 saturated carbocycles. The second kappa shape index (κ2) is 68.0. The van der Waals surface area contributed by atoms with Gasteiger partial charge in [-0.1, -0.05) is 65.8 Å². The third-order valence-electron chi connectivity index (χ3n) is 16.1. The molecule has 0 radical (unpaired) electrons. The number of amides is 13. The number of unbranched alkanes of at least 4 members (excludes halogenated alkanes) is 1. The summed E-state index contributed by atoms with van der Waals surface area (Å²) in [7, 11) is 0. The molecule has 678 valence electrons. The molecule has 0 spiro atoms. The summed E-state index contributed by atoms with van der Waals surface area (Å²) in [5.41, 5.74) is 17.4. The minimum atomic E-state index is -1.84. The number of nitrogens with two attached hydrogens (primary N) is 3. The van der Waals surface area contributed by atoms with E-state index in [9.17, 15) is 72.2 Å². The van der Waals surface area contributed by atoms with Crippen LogP contribution in [0.25, 0.3) is 0 Å². The maximum atomic E-state index is 14.6. The van der Waals surface area contributed by atoms with E-state index in [1.807, 2.05) is 30.3 Å². The minimum Gasteiger partial charge on any atom is -0.481 e. The Hall–Kier alpha value is -9.63. The largest absolute Gasteiger partial charge is 0.481 e. The van der Waals surface area contributed by atoms with Crippen LogP contribution in [-0.4, -0.2) is 350 Å². The van der Waals surface area contributed by atoms with Crippen molar-refractivity contribution in [2.75, 3.05) is 208 Å². The van der Waals surface area contributed by atoms with Crippen LogP contribution in [-0.2, 0) is 126 Å². The number of carbonyl (C=O) groups is 14. The predicted octanol–water partition coefficient (Wildman–Crippen LogP) is -7.24. The van der Waals surface area contributed by atoms with Gasteiger partial charge in [0.1, 0.15) is 62.7 Å². The highest BCUT2D eigenvalue weighted by atomic mass is 32.2. The number of hydrogen-bond donors (Lipinski definition) is 19. The van der Waals surface area contributed by atoms with Gasteiger partial charge in [0.05, 0.1) is 136 Å². The van der Waals surface area contributed by atoms with Crippen LogP contribution in [0.15, 0.2) is 70.8 Å². The van der Waals surface area contributed by atoms with E-state index in [1.54, 1.807) is 30.3 Å². The normalized spacial score (nSPS) is 18.0. The molecule has 0 bridgehead atoms. The Bertz CT molecular complexity index is 3460. The molecule has 20 N–H and O–H groups in total. The van der Waals surface area contributed by atoms with Crippen molar-refractivity contribution < 1.29 is 124 Å². The van der Waals surface area contributed by atoms with Gasteiger partial charge in [-0.15, -0.1) is 11.8 Å². The number of carbonyl (C=O) groups excluding carboxylic acids is 13. The van der Waals surface area contributed by atoms with Gasteiger partial charge in [0.25, 0.3) is 5.91 Å². The van der Waals surface area contributed by atoms with E-state index in [0.717, 1.165) is 17.3 Å². The van der Waals surface area contributed by atoms with Crippen LogP contribution in [0.4, 0.5) is 0 Å². The number of hydrogen-bond acceptors (Lipinski definition) is 31. The number of aliphatic carboxylic acids is 1. The number of ether oxygens (including phenoxy) is 10. The second-order valence-corrected chi connectivity index (χ2v) is 27.9. The lowest BCUT2D eigenvalue weighted by Crippen LogP contribution is -2.59. The van der Waals surface area contributed by atoms with Crippen molar-refractivity contribution in [3.63, 3.8) is 0 Å². The van der Waals surface area contributed by atoms with E-state index in [0.29, 0.717) is 58.4 Å². The molecule has 2 aromatic carbocycles. The van der Waals surface area contributed by atoms with Gasteiger partial charge in [0, 0.05) is 63.7 Å². The van der Waals surface area contributed by atoms with Crippen molar-refractivity contribution in [2.24, 2.45) is 27.3 Å². The Morgan fingerprint density at radius 1 is 0.455 bits per heavy atom. The molecule has 1 saturated heterocycles. The number of primary amides is 1. The number of rotatable bonds is 59. The van der Waals surface area contributed by atoms with Gasteiger partial charge < -0.3 is 144 Å². The van der Waals surface area contributed by atoms with E-state index in [2.05, 4.69) is 105 Å². The van der Waals surface area contributed by atoms with Gasteiger partial charge in [-0.05, 0) is 43.2 Å². The zero-order valence-corrected chi connectivity index (χ0v) is 70.2. The molecule has 1 unspecified atom stereocenters. The average Bonchev–Trinajstić information content (AvgIpc) is 0.859. The number of carboxylic acid groups (broad SMARTS) is 1. The molecule has 44 nitrogen and oxygen atoms in total. The first-order valence-corrected chi connectivity index (χ1v) is 41.3. The first-order chi connectivity index (χ1) is 58.5. The highest BCUT2D eigenvalue weighted by molar-refractivity contribution is 8.00. The predicted molar refractivity (Wildman–Crippen MR) is 445 cm³/mol. The molecule has 1 heterocycles. The summed E-state index contributed by atoms with van der Waals surface area (Å²) in [6.45, 7) is 2.14. The first-order valence-electron chi connectivity index (χ1n) is 39.0. The number of thiol groups is 2. The van der Waals surface area contributed by atoms with Crippen molar-refractivity contribution >= 4 is 132 Å². The molecule has 13 amide bonds. The lowest BCUT2D eigenvalue weighted by molar-refractivity contribution is -0.141. The fraction of sp³-hybridized carbons (Fsp3) is 0.622. The van der Waals surface area contributed by atoms with Crippen molar-refractivity contribution in [3.8, 4) is 0 Å². The smallest absolute Gasteiger partial charge is 0.305 e. The van der Waals surface area contributed by atoms with Crippen molar-refractivity contribution in [2.45, 2.75) is 86.6 Å². The van der Waals surface area contributed by atoms with Gasteiger partial charge >= 0.3 is 5.97 Å². The van der Waals surface area contributed by atoms with Crippen LogP contribution in [0.2, 0.25) is 0 Å². The van der Waals surface area contributed by atoms with Crippen LogP contribution in [0.3, 0.4) is 0 Å². The minimum absolute atomic E-state index is 0.0193.